The van der Waals surface area contributed by atoms with Crippen LogP contribution in [0.25, 0.3) is 10.8 Å². The Balaban J connectivity index is 1.85. The van der Waals surface area contributed by atoms with E-state index in [1.807, 2.05) is 63.2 Å². The number of fused-ring (bicyclic) bond motifs is 1. The Morgan fingerprint density at radius 2 is 1.51 bits per heavy atom. The predicted octanol–water partition coefficient (Wildman–Crippen LogP) is 5.60. The van der Waals surface area contributed by atoms with Crippen LogP contribution in [0.5, 0.6) is 0 Å². The number of esters is 1. The minimum absolute atomic E-state index is 0.0546. The molecule has 0 spiro atoms. The lowest BCUT2D eigenvalue weighted by Crippen LogP contribution is -2.55. The van der Waals surface area contributed by atoms with Gasteiger partial charge in [-0.1, -0.05) is 115 Å². The smallest absolute Gasteiger partial charge is 0.329 e. The van der Waals surface area contributed by atoms with Crippen molar-refractivity contribution in [3.63, 3.8) is 0 Å². The molecule has 3 N–H and O–H groups in total. The molecule has 8 nitrogen and oxygen atoms in total. The molecule has 6 atom stereocenters. The van der Waals surface area contributed by atoms with E-state index >= 15 is 0 Å². The molecule has 0 unspecified atom stereocenters. The van der Waals surface area contributed by atoms with E-state index in [1.54, 1.807) is 6.92 Å². The number of cyclic esters (lactones) is 1. The second-order valence-electron chi connectivity index (χ2n) is 12.3. The van der Waals surface area contributed by atoms with Gasteiger partial charge < -0.3 is 20.7 Å². The number of carbonyl (C=O) groups excluding carboxylic acids is 4. The summed E-state index contributed by atoms with van der Waals surface area (Å²) in [5, 5.41) is 10.6. The molecule has 2 aromatic rings. The van der Waals surface area contributed by atoms with Crippen molar-refractivity contribution in [1.29, 1.82) is 0 Å². The van der Waals surface area contributed by atoms with Gasteiger partial charge in [-0.25, -0.2) is 4.79 Å². The highest BCUT2D eigenvalue weighted by atomic mass is 16.5. The third kappa shape index (κ3) is 10.4. The molecule has 0 bridgehead atoms. The Hall–Kier alpha value is -3.42. The lowest BCUT2D eigenvalue weighted by Gasteiger charge is -2.29. The van der Waals surface area contributed by atoms with Crippen LogP contribution in [0.2, 0.25) is 0 Å². The monoisotopic (exact) mass is 593 g/mol. The first-order valence-electron chi connectivity index (χ1n) is 16.2. The second kappa shape index (κ2) is 17.0. The molecule has 3 amide bonds. The number of hydrogen-bond donors (Lipinski definition) is 3. The van der Waals surface area contributed by atoms with Crippen molar-refractivity contribution < 1.29 is 23.9 Å². The summed E-state index contributed by atoms with van der Waals surface area (Å²) in [6.07, 6.45) is 7.85. The number of hydrogen-bond acceptors (Lipinski definition) is 5. The molecular weight excluding hydrogens is 542 g/mol. The summed E-state index contributed by atoms with van der Waals surface area (Å²) in [6, 6.07) is 11.2. The summed E-state index contributed by atoms with van der Waals surface area (Å²) in [6.45, 7) is 9.60. The molecule has 8 heteroatoms. The van der Waals surface area contributed by atoms with Gasteiger partial charge in [-0.3, -0.25) is 14.4 Å². The van der Waals surface area contributed by atoms with E-state index in [1.165, 1.54) is 19.3 Å². The summed E-state index contributed by atoms with van der Waals surface area (Å²) in [5.74, 6) is -2.07. The normalized spacial score (nSPS) is 23.6. The summed E-state index contributed by atoms with van der Waals surface area (Å²) >= 11 is 0. The molecule has 2 aromatic carbocycles. The van der Waals surface area contributed by atoms with Crippen LogP contribution >= 0.6 is 0 Å². The molecule has 43 heavy (non-hydrogen) atoms. The quantitative estimate of drug-likeness (QED) is 0.219. The van der Waals surface area contributed by atoms with Gasteiger partial charge in [-0.05, 0) is 41.5 Å². The van der Waals surface area contributed by atoms with Gasteiger partial charge in [0, 0.05) is 6.42 Å². The number of amides is 3. The lowest BCUT2D eigenvalue weighted by atomic mass is 9.93. The first-order valence-corrected chi connectivity index (χ1v) is 16.2. The summed E-state index contributed by atoms with van der Waals surface area (Å²) < 4.78 is 6.02. The van der Waals surface area contributed by atoms with Crippen LogP contribution in [-0.4, -0.2) is 47.9 Å². The largest absolute Gasteiger partial charge is 0.460 e. The van der Waals surface area contributed by atoms with Gasteiger partial charge in [0.05, 0.1) is 6.42 Å². The van der Waals surface area contributed by atoms with E-state index in [0.717, 1.165) is 42.0 Å². The van der Waals surface area contributed by atoms with Crippen LogP contribution < -0.4 is 16.0 Å². The van der Waals surface area contributed by atoms with Crippen LogP contribution in [0.4, 0.5) is 0 Å². The van der Waals surface area contributed by atoms with Gasteiger partial charge in [0.25, 0.3) is 0 Å². The molecule has 1 heterocycles. The van der Waals surface area contributed by atoms with Crippen LogP contribution in [0, 0.1) is 11.8 Å². The Kier molecular flexibility index (Phi) is 13.5. The molecule has 1 fully saturated rings. The Morgan fingerprint density at radius 1 is 0.814 bits per heavy atom. The standard InChI is InChI=1S/C35H51N3O5/c1-6-8-9-10-11-12-15-24(4)30-22-31(39)37-29(21-26-18-19-27-16-13-14-17-28(27)20-26)34(41)36-25(5)33(40)38-32(23(3)7-2)35(42)43-30/h13-14,16-20,23-25,29-30,32H,6-12,15,21-22H2,1-5H3,(H,36,41)(H,37,39)(H,38,40)/t23-,24-,25-,29-,30-,32+/m0/s1. The van der Waals surface area contributed by atoms with E-state index < -0.39 is 42.0 Å². The zero-order valence-corrected chi connectivity index (χ0v) is 26.6. The molecule has 1 aliphatic rings. The van der Waals surface area contributed by atoms with E-state index in [0.29, 0.717) is 6.42 Å². The number of rotatable bonds is 12. The van der Waals surface area contributed by atoms with Crippen LogP contribution in [0.1, 0.15) is 98.0 Å². The first-order chi connectivity index (χ1) is 20.6. The highest BCUT2D eigenvalue weighted by Gasteiger charge is 2.35. The van der Waals surface area contributed by atoms with Crippen LogP contribution in [-0.2, 0) is 30.3 Å². The molecule has 0 aromatic heterocycles. The zero-order chi connectivity index (χ0) is 31.4. The number of ether oxygens (including phenoxy) is 1. The average molecular weight is 594 g/mol. The number of nitrogens with one attached hydrogen (secondary N) is 3. The average Bonchev–Trinajstić information content (AvgIpc) is 2.99. The maximum Gasteiger partial charge on any atom is 0.329 e. The second-order valence-corrected chi connectivity index (χ2v) is 12.3. The first kappa shape index (κ1) is 34.1. The van der Waals surface area contributed by atoms with Crippen molar-refractivity contribution in [2.24, 2.45) is 11.8 Å². The molecule has 3 rings (SSSR count). The van der Waals surface area contributed by atoms with Crippen molar-refractivity contribution in [3.8, 4) is 0 Å². The summed E-state index contributed by atoms with van der Waals surface area (Å²) in [7, 11) is 0. The number of carbonyl (C=O) groups is 4. The maximum absolute atomic E-state index is 13.5. The molecule has 236 valence electrons. The topological polar surface area (TPSA) is 114 Å². The van der Waals surface area contributed by atoms with Crippen LogP contribution in [0.3, 0.4) is 0 Å². The van der Waals surface area contributed by atoms with Gasteiger partial charge in [0.2, 0.25) is 17.7 Å². The summed E-state index contributed by atoms with van der Waals surface area (Å²) in [4.78, 5) is 53.6. The van der Waals surface area contributed by atoms with Crippen molar-refractivity contribution in [3.05, 3.63) is 48.0 Å². The highest BCUT2D eigenvalue weighted by molar-refractivity contribution is 5.94. The molecule has 0 saturated carbocycles. The zero-order valence-electron chi connectivity index (χ0n) is 26.6. The number of unbranched alkanes of at least 4 members (excludes halogenated alkanes) is 5. The van der Waals surface area contributed by atoms with E-state index in [9.17, 15) is 19.2 Å². The molecular formula is C35H51N3O5. The van der Waals surface area contributed by atoms with Crippen molar-refractivity contribution in [2.45, 2.75) is 123 Å². The lowest BCUT2D eigenvalue weighted by molar-refractivity contribution is -0.158. The predicted molar refractivity (Wildman–Crippen MR) is 170 cm³/mol. The third-order valence-corrected chi connectivity index (χ3v) is 8.72. The van der Waals surface area contributed by atoms with Gasteiger partial charge in [-0.15, -0.1) is 0 Å². The fraction of sp³-hybridized carbons (Fsp3) is 0.600. The SMILES string of the molecule is CCCCCCCC[C@H](C)[C@@H]1CC(=O)N[C@@H](Cc2ccc3ccccc3c2)C(=O)N[C@@H](C)C(=O)N[C@H]([C@@H](C)CC)C(=O)O1. The highest BCUT2D eigenvalue weighted by Crippen LogP contribution is 2.23. The Bertz CT molecular complexity index is 1230. The van der Waals surface area contributed by atoms with Crippen molar-refractivity contribution >= 4 is 34.5 Å². The maximum atomic E-state index is 13.5. The minimum Gasteiger partial charge on any atom is -0.460 e. The Labute approximate surface area is 257 Å². The molecule has 1 aliphatic heterocycles. The van der Waals surface area contributed by atoms with Crippen molar-refractivity contribution in [1.82, 2.24) is 16.0 Å². The van der Waals surface area contributed by atoms with E-state index in [4.69, 9.17) is 4.74 Å². The van der Waals surface area contributed by atoms with Gasteiger partial charge >= 0.3 is 5.97 Å². The van der Waals surface area contributed by atoms with Crippen LogP contribution in [0.15, 0.2) is 42.5 Å². The summed E-state index contributed by atoms with van der Waals surface area (Å²) in [5.41, 5.74) is 0.886. The minimum atomic E-state index is -0.911. The fourth-order valence-corrected chi connectivity index (χ4v) is 5.59. The fourth-order valence-electron chi connectivity index (χ4n) is 5.59. The van der Waals surface area contributed by atoms with E-state index in [-0.39, 0.29) is 30.6 Å². The molecule has 1 saturated heterocycles. The molecule has 0 radical (unpaired) electrons. The Morgan fingerprint density at radius 3 is 2.23 bits per heavy atom. The molecule has 0 aliphatic carbocycles. The number of benzene rings is 2. The van der Waals surface area contributed by atoms with Gasteiger partial charge in [0.1, 0.15) is 24.2 Å². The van der Waals surface area contributed by atoms with E-state index in [2.05, 4.69) is 22.9 Å². The van der Waals surface area contributed by atoms with Gasteiger partial charge in [-0.2, -0.15) is 0 Å². The van der Waals surface area contributed by atoms with Crippen molar-refractivity contribution in [2.75, 3.05) is 0 Å². The van der Waals surface area contributed by atoms with Gasteiger partial charge in [0.15, 0.2) is 0 Å². The third-order valence-electron chi connectivity index (χ3n) is 8.72.